The van der Waals surface area contributed by atoms with Crippen LogP contribution in [0, 0.1) is 11.7 Å². The Bertz CT molecular complexity index is 483. The molecule has 0 aliphatic heterocycles. The molecule has 0 heterocycles. The first-order valence-corrected chi connectivity index (χ1v) is 6.95. The van der Waals surface area contributed by atoms with Crippen molar-refractivity contribution in [2.24, 2.45) is 11.7 Å². The maximum Gasteiger partial charge on any atom is 0.419 e. The molecule has 20 heavy (non-hydrogen) atoms. The molecule has 0 spiro atoms. The number of nitrogens with two attached hydrogens (primary N) is 1. The number of rotatable bonds is 2. The zero-order valence-corrected chi connectivity index (χ0v) is 11.4. The highest BCUT2D eigenvalue weighted by atomic mass is 19.4. The number of hydrogen-bond donors (Lipinski definition) is 1. The van der Waals surface area contributed by atoms with Gasteiger partial charge in [-0.05, 0) is 36.5 Å². The van der Waals surface area contributed by atoms with Crippen LogP contribution in [-0.4, -0.2) is 0 Å². The summed E-state index contributed by atoms with van der Waals surface area (Å²) in [6, 6.07) is 3.11. The monoisotopic (exact) mass is 289 g/mol. The fraction of sp³-hybridized carbons (Fsp3) is 0.600. The lowest BCUT2D eigenvalue weighted by Gasteiger charge is -2.41. The van der Waals surface area contributed by atoms with E-state index in [9.17, 15) is 17.6 Å². The molecular weight excluding hydrogens is 270 g/mol. The smallest absolute Gasteiger partial charge is 0.321 e. The summed E-state index contributed by atoms with van der Waals surface area (Å²) < 4.78 is 51.5. The van der Waals surface area contributed by atoms with Crippen LogP contribution in [0.15, 0.2) is 18.2 Å². The van der Waals surface area contributed by atoms with E-state index in [0.717, 1.165) is 37.8 Å². The van der Waals surface area contributed by atoms with Gasteiger partial charge in [-0.2, -0.15) is 13.2 Å². The van der Waals surface area contributed by atoms with Gasteiger partial charge in [0.05, 0.1) is 5.56 Å². The van der Waals surface area contributed by atoms with Gasteiger partial charge in [0, 0.05) is 5.54 Å². The minimum Gasteiger partial charge on any atom is -0.321 e. The molecule has 1 saturated carbocycles. The lowest BCUT2D eigenvalue weighted by Crippen LogP contribution is -2.46. The molecule has 0 saturated heterocycles. The van der Waals surface area contributed by atoms with Crippen LogP contribution in [0.4, 0.5) is 17.6 Å². The molecule has 1 aliphatic carbocycles. The summed E-state index contributed by atoms with van der Waals surface area (Å²) in [5, 5.41) is 0. The summed E-state index contributed by atoms with van der Waals surface area (Å²) in [7, 11) is 0. The van der Waals surface area contributed by atoms with Crippen molar-refractivity contribution in [2.75, 3.05) is 0 Å². The van der Waals surface area contributed by atoms with Gasteiger partial charge >= 0.3 is 6.18 Å². The molecule has 2 N–H and O–H groups in total. The molecule has 0 aromatic heterocycles. The summed E-state index contributed by atoms with van der Waals surface area (Å²) in [5.74, 6) is -1.05. The maximum atomic E-state index is 13.7. The second-order valence-corrected chi connectivity index (χ2v) is 5.58. The van der Waals surface area contributed by atoms with Crippen LogP contribution >= 0.6 is 0 Å². The Balaban J connectivity index is 2.40. The molecule has 1 aliphatic rings. The van der Waals surface area contributed by atoms with Gasteiger partial charge in [0.15, 0.2) is 0 Å². The van der Waals surface area contributed by atoms with Gasteiger partial charge < -0.3 is 5.73 Å². The predicted octanol–water partition coefficient (Wildman–Crippen LogP) is 4.60. The molecular formula is C15H19F4N. The van der Waals surface area contributed by atoms with Crippen molar-refractivity contribution in [2.45, 2.75) is 50.7 Å². The molecule has 5 heteroatoms. The first kappa shape index (κ1) is 15.3. The van der Waals surface area contributed by atoms with Gasteiger partial charge in [0.1, 0.15) is 5.82 Å². The van der Waals surface area contributed by atoms with Gasteiger partial charge in [0.25, 0.3) is 0 Å². The van der Waals surface area contributed by atoms with E-state index in [1.165, 1.54) is 6.07 Å². The average molecular weight is 289 g/mol. The van der Waals surface area contributed by atoms with Crippen molar-refractivity contribution in [3.05, 3.63) is 35.1 Å². The molecule has 0 amide bonds. The van der Waals surface area contributed by atoms with Crippen molar-refractivity contribution < 1.29 is 17.6 Å². The minimum atomic E-state index is -4.67. The van der Waals surface area contributed by atoms with Crippen molar-refractivity contribution in [3.63, 3.8) is 0 Å². The topological polar surface area (TPSA) is 26.0 Å². The highest BCUT2D eigenvalue weighted by molar-refractivity contribution is 5.32. The summed E-state index contributed by atoms with van der Waals surface area (Å²) >= 11 is 0. The van der Waals surface area contributed by atoms with E-state index >= 15 is 0 Å². The van der Waals surface area contributed by atoms with E-state index in [4.69, 9.17) is 5.73 Å². The van der Waals surface area contributed by atoms with Crippen LogP contribution < -0.4 is 5.73 Å². The molecule has 2 atom stereocenters. The average Bonchev–Trinajstić information content (AvgIpc) is 2.37. The maximum absolute atomic E-state index is 13.7. The minimum absolute atomic E-state index is 0.187. The van der Waals surface area contributed by atoms with Crippen molar-refractivity contribution in [3.8, 4) is 0 Å². The number of hydrogen-bond acceptors (Lipinski definition) is 1. The Morgan fingerprint density at radius 3 is 2.55 bits per heavy atom. The largest absolute Gasteiger partial charge is 0.419 e. The van der Waals surface area contributed by atoms with E-state index in [-0.39, 0.29) is 5.92 Å². The van der Waals surface area contributed by atoms with Gasteiger partial charge in [0.2, 0.25) is 0 Å². The lowest BCUT2D eigenvalue weighted by atomic mass is 9.68. The van der Waals surface area contributed by atoms with Crippen molar-refractivity contribution >= 4 is 0 Å². The molecule has 1 nitrogen and oxygen atoms in total. The molecule has 0 radical (unpaired) electrons. The fourth-order valence-electron chi connectivity index (χ4n) is 3.25. The summed E-state index contributed by atoms with van der Waals surface area (Å²) in [6.45, 7) is 2.01. The van der Waals surface area contributed by atoms with Crippen molar-refractivity contribution in [1.29, 1.82) is 0 Å². The second kappa shape index (κ2) is 5.35. The Morgan fingerprint density at radius 1 is 1.30 bits per heavy atom. The predicted molar refractivity (Wildman–Crippen MR) is 69.5 cm³/mol. The Morgan fingerprint density at radius 2 is 2.00 bits per heavy atom. The summed E-state index contributed by atoms with van der Waals surface area (Å²) in [6.07, 6.45) is -0.192. The number of halogens is 4. The Labute approximate surface area is 116 Å². The SMILES string of the molecule is CCC1CCCCC1(N)c1ccc(C(F)(F)F)c(F)c1. The van der Waals surface area contributed by atoms with Gasteiger partial charge in [-0.15, -0.1) is 0 Å². The van der Waals surface area contributed by atoms with Gasteiger partial charge in [-0.1, -0.05) is 32.3 Å². The molecule has 2 rings (SSSR count). The molecule has 0 bridgehead atoms. The standard InChI is InChI=1S/C15H19F4N/c1-2-10-5-3-4-8-14(10,20)11-6-7-12(13(16)9-11)15(17,18)19/h6-7,9-10H,2-5,8,20H2,1H3. The van der Waals surface area contributed by atoms with Gasteiger partial charge in [-0.3, -0.25) is 0 Å². The summed E-state index contributed by atoms with van der Waals surface area (Å²) in [4.78, 5) is 0. The second-order valence-electron chi connectivity index (χ2n) is 5.58. The van der Waals surface area contributed by atoms with Crippen LogP contribution in [0.5, 0.6) is 0 Å². The quantitative estimate of drug-likeness (QED) is 0.791. The van der Waals surface area contributed by atoms with E-state index in [2.05, 4.69) is 0 Å². The van der Waals surface area contributed by atoms with E-state index < -0.39 is 23.1 Å². The van der Waals surface area contributed by atoms with Crippen LogP contribution in [0.25, 0.3) is 0 Å². The van der Waals surface area contributed by atoms with E-state index in [1.807, 2.05) is 6.92 Å². The third-order valence-corrected chi connectivity index (χ3v) is 4.43. The third kappa shape index (κ3) is 2.68. The first-order valence-electron chi connectivity index (χ1n) is 6.95. The summed E-state index contributed by atoms with van der Waals surface area (Å²) in [5.41, 5.74) is 4.96. The molecule has 112 valence electrons. The van der Waals surface area contributed by atoms with Crippen LogP contribution in [0.2, 0.25) is 0 Å². The number of benzene rings is 1. The van der Waals surface area contributed by atoms with Crippen LogP contribution in [-0.2, 0) is 11.7 Å². The highest BCUT2D eigenvalue weighted by Crippen LogP contribution is 2.42. The Hall–Kier alpha value is -1.10. The fourth-order valence-corrected chi connectivity index (χ4v) is 3.25. The third-order valence-electron chi connectivity index (χ3n) is 4.43. The lowest BCUT2D eigenvalue weighted by molar-refractivity contribution is -0.140. The molecule has 1 fully saturated rings. The molecule has 1 aromatic carbocycles. The number of alkyl halides is 3. The zero-order valence-electron chi connectivity index (χ0n) is 11.4. The van der Waals surface area contributed by atoms with Gasteiger partial charge in [-0.25, -0.2) is 4.39 Å². The van der Waals surface area contributed by atoms with Crippen LogP contribution in [0.3, 0.4) is 0 Å². The van der Waals surface area contributed by atoms with Crippen LogP contribution in [0.1, 0.15) is 50.2 Å². The highest BCUT2D eigenvalue weighted by Gasteiger charge is 2.40. The molecule has 2 unspecified atom stereocenters. The Kier molecular flexibility index (Phi) is 4.09. The van der Waals surface area contributed by atoms with E-state index in [0.29, 0.717) is 12.0 Å². The van der Waals surface area contributed by atoms with E-state index in [1.54, 1.807) is 0 Å². The zero-order chi connectivity index (χ0) is 15.0. The van der Waals surface area contributed by atoms with Crippen molar-refractivity contribution in [1.82, 2.24) is 0 Å². The normalized spacial score (nSPS) is 27.6. The first-order chi connectivity index (χ1) is 9.29. The molecule has 1 aromatic rings.